The average Bonchev–Trinajstić information content (AvgIpc) is 2.70. The van der Waals surface area contributed by atoms with E-state index < -0.39 is 29.1 Å². The number of Topliss-reactive ketones (excluding diaryl/α,β-unsaturated/α-hetero) is 1. The molecule has 0 spiro atoms. The second-order valence-corrected chi connectivity index (χ2v) is 7.30. The van der Waals surface area contributed by atoms with Crippen LogP contribution in [-0.4, -0.2) is 33.3 Å². The van der Waals surface area contributed by atoms with E-state index in [1.54, 1.807) is 18.2 Å². The Morgan fingerprint density at radius 3 is 2.41 bits per heavy atom. The molecule has 0 radical (unpaired) electrons. The molecule has 140 valence electrons. The average molecular weight is 386 g/mol. The first-order chi connectivity index (χ1) is 12.9. The molecule has 0 aromatic heterocycles. The van der Waals surface area contributed by atoms with Crippen molar-refractivity contribution < 1.29 is 22.7 Å². The Balaban J connectivity index is 1.90. The molecule has 0 aliphatic carbocycles. The molecule has 0 atom stereocenters. The first kappa shape index (κ1) is 20.3. The van der Waals surface area contributed by atoms with Crippen molar-refractivity contribution in [2.24, 2.45) is 0 Å². The lowest BCUT2D eigenvalue weighted by Crippen LogP contribution is -2.32. The summed E-state index contributed by atoms with van der Waals surface area (Å²) in [5, 5.41) is 8.97. The van der Waals surface area contributed by atoms with Crippen LogP contribution in [0.25, 0.3) is 0 Å². The van der Waals surface area contributed by atoms with Crippen molar-refractivity contribution in [3.05, 3.63) is 65.2 Å². The van der Waals surface area contributed by atoms with E-state index >= 15 is 0 Å². The highest BCUT2D eigenvalue weighted by atomic mass is 32.2. The number of ketones is 1. The van der Waals surface area contributed by atoms with Crippen LogP contribution >= 0.6 is 0 Å². The first-order valence-corrected chi connectivity index (χ1v) is 9.62. The van der Waals surface area contributed by atoms with Gasteiger partial charge in [0.1, 0.15) is 12.6 Å². The lowest BCUT2D eigenvalue weighted by atomic mass is 10.1. The second-order valence-electron chi connectivity index (χ2n) is 5.57. The molecule has 0 aliphatic rings. The summed E-state index contributed by atoms with van der Waals surface area (Å²) in [4.78, 5) is 23.5. The maximum atomic E-state index is 12.2. The van der Waals surface area contributed by atoms with Gasteiger partial charge in [0.25, 0.3) is 0 Å². The molecule has 0 aliphatic heterocycles. The monoisotopic (exact) mass is 386 g/mol. The van der Waals surface area contributed by atoms with Gasteiger partial charge in [0.2, 0.25) is 10.0 Å². The highest BCUT2D eigenvalue weighted by molar-refractivity contribution is 7.89. The van der Waals surface area contributed by atoms with Crippen LogP contribution in [0.3, 0.4) is 0 Å². The topological polar surface area (TPSA) is 113 Å². The standard InChI is InChI=1S/C19H18N2O5S/c1-2-14-7-9-15(10-8-14)17(22)13-26-19(23)12-21-27(24,25)18-6-4-3-5-16(18)11-20/h3-10,21H,2,12-13H2,1H3. The summed E-state index contributed by atoms with van der Waals surface area (Å²) in [6, 6.07) is 14.3. The van der Waals surface area contributed by atoms with Crippen molar-refractivity contribution >= 4 is 21.8 Å². The van der Waals surface area contributed by atoms with E-state index in [1.165, 1.54) is 24.3 Å². The normalized spacial score (nSPS) is 10.8. The van der Waals surface area contributed by atoms with Crippen LogP contribution < -0.4 is 4.72 Å². The molecule has 2 rings (SSSR count). The Hall–Kier alpha value is -3.02. The fourth-order valence-corrected chi connectivity index (χ4v) is 3.36. The molecular formula is C19H18N2O5S. The fraction of sp³-hybridized carbons (Fsp3) is 0.211. The van der Waals surface area contributed by atoms with Gasteiger partial charge in [0.05, 0.1) is 10.5 Å². The van der Waals surface area contributed by atoms with Gasteiger partial charge in [-0.1, -0.05) is 43.3 Å². The van der Waals surface area contributed by atoms with Gasteiger partial charge < -0.3 is 4.74 Å². The largest absolute Gasteiger partial charge is 0.456 e. The van der Waals surface area contributed by atoms with E-state index in [2.05, 4.69) is 4.72 Å². The zero-order valence-electron chi connectivity index (χ0n) is 14.6. The number of ether oxygens (including phenoxy) is 1. The molecule has 27 heavy (non-hydrogen) atoms. The van der Waals surface area contributed by atoms with Crippen LogP contribution in [0.5, 0.6) is 0 Å². The predicted octanol–water partition coefficient (Wildman–Crippen LogP) is 1.83. The van der Waals surface area contributed by atoms with Crippen molar-refractivity contribution in [1.82, 2.24) is 4.72 Å². The fourth-order valence-electron chi connectivity index (χ4n) is 2.23. The van der Waals surface area contributed by atoms with Crippen LogP contribution in [0.15, 0.2) is 53.4 Å². The predicted molar refractivity (Wildman–Crippen MR) is 97.5 cm³/mol. The zero-order valence-corrected chi connectivity index (χ0v) is 15.5. The third-order valence-electron chi connectivity index (χ3n) is 3.75. The molecule has 2 aromatic rings. The number of hydrogen-bond donors (Lipinski definition) is 1. The third kappa shape index (κ3) is 5.48. The Labute approximate surface area is 157 Å². The minimum absolute atomic E-state index is 0.0379. The molecule has 0 unspecified atom stereocenters. The van der Waals surface area contributed by atoms with E-state index in [-0.39, 0.29) is 16.2 Å². The quantitative estimate of drug-likeness (QED) is 0.547. The van der Waals surface area contributed by atoms with E-state index in [1.807, 2.05) is 19.1 Å². The van der Waals surface area contributed by atoms with Crippen LogP contribution in [0.1, 0.15) is 28.4 Å². The van der Waals surface area contributed by atoms with Gasteiger partial charge in [-0.05, 0) is 24.1 Å². The number of carbonyl (C=O) groups is 2. The minimum Gasteiger partial charge on any atom is -0.456 e. The molecular weight excluding hydrogens is 368 g/mol. The molecule has 0 bridgehead atoms. The molecule has 0 heterocycles. The highest BCUT2D eigenvalue weighted by Gasteiger charge is 2.20. The van der Waals surface area contributed by atoms with Crippen molar-refractivity contribution in [2.75, 3.05) is 13.2 Å². The summed E-state index contributed by atoms with van der Waals surface area (Å²) in [6.45, 7) is 0.861. The lowest BCUT2D eigenvalue weighted by Gasteiger charge is -2.08. The summed E-state index contributed by atoms with van der Waals surface area (Å²) in [5.41, 5.74) is 1.45. The number of hydrogen-bond acceptors (Lipinski definition) is 6. The van der Waals surface area contributed by atoms with Gasteiger partial charge in [-0.2, -0.15) is 9.98 Å². The Bertz CT molecular complexity index is 976. The Morgan fingerprint density at radius 1 is 1.11 bits per heavy atom. The summed E-state index contributed by atoms with van der Waals surface area (Å²) in [5.74, 6) is -1.28. The summed E-state index contributed by atoms with van der Waals surface area (Å²) in [7, 11) is -4.05. The van der Waals surface area contributed by atoms with E-state index in [0.29, 0.717) is 5.56 Å². The van der Waals surface area contributed by atoms with Gasteiger partial charge >= 0.3 is 5.97 Å². The third-order valence-corrected chi connectivity index (χ3v) is 5.21. The summed E-state index contributed by atoms with van der Waals surface area (Å²) >= 11 is 0. The number of esters is 1. The number of nitrogens with one attached hydrogen (secondary N) is 1. The molecule has 0 amide bonds. The molecule has 0 saturated heterocycles. The molecule has 8 heteroatoms. The number of benzene rings is 2. The molecule has 1 N–H and O–H groups in total. The van der Waals surface area contributed by atoms with E-state index in [4.69, 9.17) is 10.00 Å². The van der Waals surface area contributed by atoms with Gasteiger partial charge in [0, 0.05) is 5.56 Å². The van der Waals surface area contributed by atoms with E-state index in [9.17, 15) is 18.0 Å². The van der Waals surface area contributed by atoms with E-state index in [0.717, 1.165) is 12.0 Å². The van der Waals surface area contributed by atoms with Crippen LogP contribution in [-0.2, 0) is 26.0 Å². The first-order valence-electron chi connectivity index (χ1n) is 8.14. The highest BCUT2D eigenvalue weighted by Crippen LogP contribution is 2.13. The molecule has 2 aromatic carbocycles. The maximum Gasteiger partial charge on any atom is 0.321 e. The second kappa shape index (κ2) is 9.07. The minimum atomic E-state index is -4.05. The molecule has 0 saturated carbocycles. The number of sulfonamides is 1. The zero-order chi connectivity index (χ0) is 19.9. The van der Waals surface area contributed by atoms with Crippen LogP contribution in [0.4, 0.5) is 0 Å². The van der Waals surface area contributed by atoms with Crippen molar-refractivity contribution in [2.45, 2.75) is 18.2 Å². The number of nitrogens with zero attached hydrogens (tertiary/aromatic N) is 1. The van der Waals surface area contributed by atoms with Gasteiger partial charge in [-0.25, -0.2) is 8.42 Å². The number of nitriles is 1. The summed E-state index contributed by atoms with van der Waals surface area (Å²) in [6.07, 6.45) is 0.846. The molecule has 0 fully saturated rings. The Morgan fingerprint density at radius 2 is 1.78 bits per heavy atom. The number of aryl methyl sites for hydroxylation is 1. The Kier molecular flexibility index (Phi) is 6.82. The molecule has 7 nitrogen and oxygen atoms in total. The van der Waals surface area contributed by atoms with Crippen molar-refractivity contribution in [3.8, 4) is 6.07 Å². The van der Waals surface area contributed by atoms with Crippen LogP contribution in [0.2, 0.25) is 0 Å². The van der Waals surface area contributed by atoms with Crippen molar-refractivity contribution in [1.29, 1.82) is 5.26 Å². The van der Waals surface area contributed by atoms with Gasteiger partial charge in [-0.15, -0.1) is 0 Å². The van der Waals surface area contributed by atoms with Crippen molar-refractivity contribution in [3.63, 3.8) is 0 Å². The summed E-state index contributed by atoms with van der Waals surface area (Å²) < 4.78 is 31.3. The van der Waals surface area contributed by atoms with Crippen LogP contribution in [0, 0.1) is 11.3 Å². The lowest BCUT2D eigenvalue weighted by molar-refractivity contribution is -0.141. The SMILES string of the molecule is CCc1ccc(C(=O)COC(=O)CNS(=O)(=O)c2ccccc2C#N)cc1. The van der Waals surface area contributed by atoms with Gasteiger partial charge in [0.15, 0.2) is 12.4 Å². The van der Waals surface area contributed by atoms with Gasteiger partial charge in [-0.3, -0.25) is 9.59 Å². The maximum absolute atomic E-state index is 12.2. The smallest absolute Gasteiger partial charge is 0.321 e. The number of carbonyl (C=O) groups excluding carboxylic acids is 2. The number of rotatable bonds is 8.